The Kier molecular flexibility index (Phi) is 6.11. The van der Waals surface area contributed by atoms with Gasteiger partial charge < -0.3 is 20.5 Å². The Bertz CT molecular complexity index is 341. The van der Waals surface area contributed by atoms with Crippen molar-refractivity contribution >= 4 is 18.0 Å². The number of ether oxygens (including phenoxy) is 1. The van der Waals surface area contributed by atoms with E-state index in [9.17, 15) is 14.4 Å². The van der Waals surface area contributed by atoms with Crippen molar-refractivity contribution in [3.8, 4) is 0 Å². The summed E-state index contributed by atoms with van der Waals surface area (Å²) in [6.45, 7) is 0.507. The van der Waals surface area contributed by atoms with Gasteiger partial charge in [-0.25, -0.2) is 9.59 Å². The Labute approximate surface area is 111 Å². The zero-order valence-electron chi connectivity index (χ0n) is 11.0. The molecule has 1 rings (SSSR count). The molecule has 1 saturated carbocycles. The second kappa shape index (κ2) is 7.60. The molecule has 0 saturated heterocycles. The summed E-state index contributed by atoms with van der Waals surface area (Å²) in [5, 5.41) is 13.7. The van der Waals surface area contributed by atoms with E-state index in [4.69, 9.17) is 5.11 Å². The van der Waals surface area contributed by atoms with E-state index in [0.717, 1.165) is 18.8 Å². The molecular formula is C12H20N2O5. The molecule has 1 fully saturated rings. The van der Waals surface area contributed by atoms with Crippen LogP contribution >= 0.6 is 0 Å². The molecule has 0 bridgehead atoms. The van der Waals surface area contributed by atoms with Gasteiger partial charge in [0.05, 0.1) is 13.5 Å². The molecule has 2 amide bonds. The highest BCUT2D eigenvalue weighted by Crippen LogP contribution is 2.33. The van der Waals surface area contributed by atoms with Gasteiger partial charge in [0, 0.05) is 6.54 Å². The Morgan fingerprint density at radius 3 is 2.58 bits per heavy atom. The fourth-order valence-electron chi connectivity index (χ4n) is 1.66. The molecule has 0 spiro atoms. The smallest absolute Gasteiger partial charge is 0.326 e. The number of urea groups is 1. The fourth-order valence-corrected chi connectivity index (χ4v) is 1.66. The lowest BCUT2D eigenvalue weighted by Gasteiger charge is -2.14. The van der Waals surface area contributed by atoms with E-state index in [-0.39, 0.29) is 6.42 Å². The minimum atomic E-state index is -1.27. The Hall–Kier alpha value is -1.79. The average molecular weight is 272 g/mol. The first-order valence-electron chi connectivity index (χ1n) is 6.37. The van der Waals surface area contributed by atoms with E-state index in [2.05, 4.69) is 15.4 Å². The number of carbonyl (C=O) groups excluding carboxylic acids is 2. The van der Waals surface area contributed by atoms with Crippen molar-refractivity contribution < 1.29 is 24.2 Å². The maximum Gasteiger partial charge on any atom is 0.326 e. The number of methoxy groups -OCH3 is 1. The topological polar surface area (TPSA) is 105 Å². The summed E-state index contributed by atoms with van der Waals surface area (Å²) in [7, 11) is 1.17. The second-order valence-electron chi connectivity index (χ2n) is 4.66. The summed E-state index contributed by atoms with van der Waals surface area (Å²) >= 11 is 0. The van der Waals surface area contributed by atoms with E-state index >= 15 is 0 Å². The van der Waals surface area contributed by atoms with Crippen LogP contribution in [0, 0.1) is 5.92 Å². The van der Waals surface area contributed by atoms with Crippen LogP contribution in [-0.4, -0.2) is 42.8 Å². The molecule has 0 heterocycles. The first-order valence-corrected chi connectivity index (χ1v) is 6.37. The third-order valence-electron chi connectivity index (χ3n) is 2.97. The second-order valence-corrected chi connectivity index (χ2v) is 4.66. The maximum absolute atomic E-state index is 11.5. The maximum atomic E-state index is 11.5. The van der Waals surface area contributed by atoms with Crippen LogP contribution in [-0.2, 0) is 14.3 Å². The molecule has 0 aromatic heterocycles. The predicted octanol–water partition coefficient (Wildman–Crippen LogP) is 0.492. The third-order valence-corrected chi connectivity index (χ3v) is 2.97. The lowest BCUT2D eigenvalue weighted by atomic mass is 10.2. The minimum Gasteiger partial charge on any atom is -0.480 e. The van der Waals surface area contributed by atoms with Crippen LogP contribution in [0.1, 0.15) is 32.1 Å². The van der Waals surface area contributed by atoms with Gasteiger partial charge in [-0.3, -0.25) is 4.79 Å². The van der Waals surface area contributed by atoms with Crippen molar-refractivity contribution in [3.63, 3.8) is 0 Å². The molecule has 1 aliphatic carbocycles. The number of esters is 1. The first-order chi connectivity index (χ1) is 9.02. The minimum absolute atomic E-state index is 0.388. The van der Waals surface area contributed by atoms with Crippen molar-refractivity contribution in [1.82, 2.24) is 10.6 Å². The first kappa shape index (κ1) is 15.3. The van der Waals surface area contributed by atoms with Gasteiger partial charge in [0.2, 0.25) is 0 Å². The third kappa shape index (κ3) is 6.64. The van der Waals surface area contributed by atoms with E-state index in [1.54, 1.807) is 0 Å². The summed E-state index contributed by atoms with van der Waals surface area (Å²) in [6.07, 6.45) is 4.12. The normalized spacial score (nSPS) is 15.4. The van der Waals surface area contributed by atoms with Gasteiger partial charge in [-0.15, -0.1) is 0 Å². The molecule has 19 heavy (non-hydrogen) atoms. The summed E-state index contributed by atoms with van der Waals surface area (Å²) in [5.41, 5.74) is 0. The SMILES string of the molecule is COC(=O)C[C@H](NC(=O)NCCCC1CC1)C(=O)O. The number of amides is 2. The lowest BCUT2D eigenvalue weighted by molar-refractivity contribution is -0.147. The highest BCUT2D eigenvalue weighted by Gasteiger charge is 2.24. The van der Waals surface area contributed by atoms with E-state index in [1.807, 2.05) is 0 Å². The number of carboxylic acid groups (broad SMARTS) is 1. The highest BCUT2D eigenvalue weighted by molar-refractivity contribution is 5.86. The molecule has 3 N–H and O–H groups in total. The van der Waals surface area contributed by atoms with Crippen LogP contribution in [0.4, 0.5) is 4.79 Å². The molecule has 0 aliphatic heterocycles. The van der Waals surface area contributed by atoms with Gasteiger partial charge in [-0.1, -0.05) is 12.8 Å². The van der Waals surface area contributed by atoms with Gasteiger partial charge in [-0.2, -0.15) is 0 Å². The lowest BCUT2D eigenvalue weighted by Crippen LogP contribution is -2.47. The van der Waals surface area contributed by atoms with Crippen LogP contribution in [0.15, 0.2) is 0 Å². The predicted molar refractivity (Wildman–Crippen MR) is 66.5 cm³/mol. The average Bonchev–Trinajstić information content (AvgIpc) is 3.17. The number of hydrogen-bond acceptors (Lipinski definition) is 4. The Morgan fingerprint density at radius 2 is 2.05 bits per heavy atom. The molecule has 1 atom stereocenters. The fraction of sp³-hybridized carbons (Fsp3) is 0.750. The number of carbonyl (C=O) groups is 3. The largest absolute Gasteiger partial charge is 0.480 e. The Morgan fingerprint density at radius 1 is 1.37 bits per heavy atom. The van der Waals surface area contributed by atoms with Crippen LogP contribution in [0.25, 0.3) is 0 Å². The number of rotatable bonds is 8. The highest BCUT2D eigenvalue weighted by atomic mass is 16.5. The molecule has 0 aromatic carbocycles. The quantitative estimate of drug-likeness (QED) is 0.440. The van der Waals surface area contributed by atoms with Gasteiger partial charge in [0.15, 0.2) is 0 Å². The molecule has 0 radical (unpaired) electrons. The van der Waals surface area contributed by atoms with Gasteiger partial charge >= 0.3 is 18.0 Å². The van der Waals surface area contributed by atoms with Crippen LogP contribution < -0.4 is 10.6 Å². The summed E-state index contributed by atoms with van der Waals surface area (Å²) < 4.78 is 4.37. The molecular weight excluding hydrogens is 252 g/mol. The van der Waals surface area contributed by atoms with Gasteiger partial charge in [-0.05, 0) is 18.8 Å². The van der Waals surface area contributed by atoms with Crippen LogP contribution in [0.5, 0.6) is 0 Å². The van der Waals surface area contributed by atoms with Crippen molar-refractivity contribution in [2.75, 3.05) is 13.7 Å². The van der Waals surface area contributed by atoms with Gasteiger partial charge in [0.1, 0.15) is 6.04 Å². The number of aliphatic carboxylic acids is 1. The number of carboxylic acids is 1. The van der Waals surface area contributed by atoms with Crippen LogP contribution in [0.2, 0.25) is 0 Å². The number of nitrogens with one attached hydrogen (secondary N) is 2. The number of hydrogen-bond donors (Lipinski definition) is 3. The van der Waals surface area contributed by atoms with Gasteiger partial charge in [0.25, 0.3) is 0 Å². The van der Waals surface area contributed by atoms with Crippen LogP contribution in [0.3, 0.4) is 0 Å². The van der Waals surface area contributed by atoms with Crippen molar-refractivity contribution in [3.05, 3.63) is 0 Å². The van der Waals surface area contributed by atoms with Crippen molar-refractivity contribution in [2.45, 2.75) is 38.1 Å². The molecule has 1 aliphatic rings. The van der Waals surface area contributed by atoms with Crippen molar-refractivity contribution in [2.24, 2.45) is 5.92 Å². The zero-order valence-corrected chi connectivity index (χ0v) is 11.0. The summed E-state index contributed by atoms with van der Waals surface area (Å²) in [6, 6.07) is -1.84. The van der Waals surface area contributed by atoms with Crippen molar-refractivity contribution in [1.29, 1.82) is 0 Å². The summed E-state index contributed by atoms with van der Waals surface area (Å²) in [4.78, 5) is 33.3. The van der Waals surface area contributed by atoms with E-state index in [0.29, 0.717) is 6.54 Å². The van der Waals surface area contributed by atoms with E-state index in [1.165, 1.54) is 20.0 Å². The monoisotopic (exact) mass is 272 g/mol. The molecule has 7 heteroatoms. The standard InChI is InChI=1S/C12H20N2O5/c1-19-10(15)7-9(11(16)17)14-12(18)13-6-2-3-8-4-5-8/h8-9H,2-7H2,1H3,(H,16,17)(H2,13,14,18)/t9-/m0/s1. The summed E-state index contributed by atoms with van der Waals surface area (Å²) in [5.74, 6) is -1.14. The molecule has 108 valence electrons. The molecule has 0 aromatic rings. The molecule has 0 unspecified atom stereocenters. The molecule has 7 nitrogen and oxygen atoms in total. The van der Waals surface area contributed by atoms with E-state index < -0.39 is 24.0 Å². The zero-order chi connectivity index (χ0) is 14.3. The Balaban J connectivity index is 2.21.